The summed E-state index contributed by atoms with van der Waals surface area (Å²) in [4.78, 5) is 11.8. The summed E-state index contributed by atoms with van der Waals surface area (Å²) in [6.07, 6.45) is 3.30. The molecule has 0 saturated carbocycles. The third-order valence-electron chi connectivity index (χ3n) is 3.81. The third-order valence-corrected chi connectivity index (χ3v) is 5.13. The van der Waals surface area contributed by atoms with Crippen LogP contribution in [0.2, 0.25) is 0 Å². The molecule has 2 aromatic rings. The van der Waals surface area contributed by atoms with E-state index >= 15 is 0 Å². The van der Waals surface area contributed by atoms with E-state index in [-0.39, 0.29) is 11.3 Å². The lowest BCUT2D eigenvalue weighted by Crippen LogP contribution is -1.97. The predicted octanol–water partition coefficient (Wildman–Crippen LogP) is 3.08. The van der Waals surface area contributed by atoms with Crippen molar-refractivity contribution < 1.29 is 18.5 Å². The molecule has 4 nitrogen and oxygen atoms in total. The fourth-order valence-electron chi connectivity index (χ4n) is 2.73. The minimum absolute atomic E-state index is 0.135. The van der Waals surface area contributed by atoms with Gasteiger partial charge in [-0.3, -0.25) is 4.21 Å². The van der Waals surface area contributed by atoms with Crippen molar-refractivity contribution in [1.82, 2.24) is 0 Å². The summed E-state index contributed by atoms with van der Waals surface area (Å²) in [7, 11) is -1.22. The highest BCUT2D eigenvalue weighted by Crippen LogP contribution is 2.25. The smallest absolute Gasteiger partial charge is 0.339 e. The van der Waals surface area contributed by atoms with Gasteiger partial charge in [0.1, 0.15) is 17.1 Å². The Morgan fingerprint density at radius 2 is 2.05 bits per heavy atom. The molecular weight excluding hydrogens is 288 g/mol. The van der Waals surface area contributed by atoms with Gasteiger partial charge in [0.05, 0.1) is 16.6 Å². The van der Waals surface area contributed by atoms with Crippen LogP contribution in [0.15, 0.2) is 33.6 Å². The van der Waals surface area contributed by atoms with Gasteiger partial charge in [0, 0.05) is 4.90 Å². The van der Waals surface area contributed by atoms with Gasteiger partial charge >= 0.3 is 5.97 Å². The number of hydrogen-bond donors (Lipinski definition) is 1. The van der Waals surface area contributed by atoms with Crippen LogP contribution < -0.4 is 0 Å². The minimum atomic E-state index is -1.22. The highest BCUT2D eigenvalue weighted by atomic mass is 32.2. The van der Waals surface area contributed by atoms with Crippen LogP contribution in [0.3, 0.4) is 0 Å². The van der Waals surface area contributed by atoms with Crippen molar-refractivity contribution in [2.45, 2.75) is 36.8 Å². The lowest BCUT2D eigenvalue weighted by molar-refractivity contribution is 0.0695. The van der Waals surface area contributed by atoms with E-state index in [0.29, 0.717) is 11.5 Å². The van der Waals surface area contributed by atoms with Gasteiger partial charge in [-0.05, 0) is 55.5 Å². The Labute approximate surface area is 125 Å². The van der Waals surface area contributed by atoms with Crippen molar-refractivity contribution in [3.8, 4) is 0 Å². The number of hydrogen-bond acceptors (Lipinski definition) is 3. The van der Waals surface area contributed by atoms with Gasteiger partial charge in [-0.1, -0.05) is 6.07 Å². The number of carbonyl (C=O) groups is 1. The molecular formula is C16H16O4S. The van der Waals surface area contributed by atoms with Crippen molar-refractivity contribution in [3.63, 3.8) is 0 Å². The van der Waals surface area contributed by atoms with Crippen LogP contribution in [0.1, 0.15) is 39.4 Å². The van der Waals surface area contributed by atoms with Gasteiger partial charge in [0.25, 0.3) is 0 Å². The van der Waals surface area contributed by atoms with Crippen LogP contribution in [0.25, 0.3) is 0 Å². The van der Waals surface area contributed by atoms with Gasteiger partial charge in [-0.2, -0.15) is 0 Å². The monoisotopic (exact) mass is 304 g/mol. The first-order chi connectivity index (χ1) is 10.0. The molecule has 110 valence electrons. The fraction of sp³-hybridized carbons (Fsp3) is 0.312. The number of aryl methyl sites for hydroxylation is 3. The molecule has 0 aliphatic heterocycles. The molecule has 5 heteroatoms. The number of furan rings is 1. The molecule has 3 rings (SSSR count). The Kier molecular flexibility index (Phi) is 3.68. The molecule has 0 radical (unpaired) electrons. The third kappa shape index (κ3) is 2.78. The first kappa shape index (κ1) is 14.1. The van der Waals surface area contributed by atoms with Crippen LogP contribution in [0.4, 0.5) is 0 Å². The second-order valence-electron chi connectivity index (χ2n) is 5.26. The zero-order valence-electron chi connectivity index (χ0n) is 11.7. The summed E-state index contributed by atoms with van der Waals surface area (Å²) in [5.74, 6) is -0.0228. The summed E-state index contributed by atoms with van der Waals surface area (Å²) >= 11 is 0. The molecule has 0 amide bonds. The summed E-state index contributed by atoms with van der Waals surface area (Å²) < 4.78 is 17.8. The van der Waals surface area contributed by atoms with Crippen LogP contribution in [0, 0.1) is 6.92 Å². The van der Waals surface area contributed by atoms with Crippen molar-refractivity contribution in [1.29, 1.82) is 0 Å². The van der Waals surface area contributed by atoms with E-state index in [1.54, 1.807) is 6.92 Å². The molecule has 1 aliphatic rings. The molecule has 0 saturated heterocycles. The second-order valence-corrected chi connectivity index (χ2v) is 6.71. The minimum Gasteiger partial charge on any atom is -0.478 e. The van der Waals surface area contributed by atoms with E-state index in [4.69, 9.17) is 9.52 Å². The zero-order chi connectivity index (χ0) is 15.0. The molecule has 1 aromatic carbocycles. The first-order valence-corrected chi connectivity index (χ1v) is 8.19. The molecule has 1 aliphatic carbocycles. The van der Waals surface area contributed by atoms with Crippen molar-refractivity contribution >= 4 is 16.8 Å². The Morgan fingerprint density at radius 1 is 1.29 bits per heavy atom. The van der Waals surface area contributed by atoms with Gasteiger partial charge in [0.2, 0.25) is 0 Å². The largest absolute Gasteiger partial charge is 0.478 e. The number of benzene rings is 1. The Balaban J connectivity index is 1.80. The Morgan fingerprint density at radius 3 is 2.76 bits per heavy atom. The van der Waals surface area contributed by atoms with Gasteiger partial charge in [-0.15, -0.1) is 0 Å². The SMILES string of the molecule is Cc1oc(CS(=O)c2ccc3c(c2)CCC3)cc1C(=O)O. The van der Waals surface area contributed by atoms with E-state index < -0.39 is 16.8 Å². The number of fused-ring (bicyclic) bond motifs is 1. The van der Waals surface area contributed by atoms with Crippen molar-refractivity contribution in [2.24, 2.45) is 0 Å². The standard InChI is InChI=1S/C16H16O4S/c1-10-15(16(17)18)8-13(20-10)9-21(19)14-6-5-11-3-2-4-12(11)7-14/h5-8H,2-4,9H2,1H3,(H,17,18). The van der Waals surface area contributed by atoms with Crippen LogP contribution in [-0.4, -0.2) is 15.3 Å². The van der Waals surface area contributed by atoms with E-state index in [2.05, 4.69) is 0 Å². The molecule has 0 fully saturated rings. The predicted molar refractivity (Wildman–Crippen MR) is 79.0 cm³/mol. The van der Waals surface area contributed by atoms with Gasteiger partial charge < -0.3 is 9.52 Å². The van der Waals surface area contributed by atoms with E-state index in [0.717, 1.165) is 24.2 Å². The average molecular weight is 304 g/mol. The molecule has 1 aromatic heterocycles. The number of rotatable bonds is 4. The molecule has 1 unspecified atom stereocenters. The lowest BCUT2D eigenvalue weighted by Gasteiger charge is -2.04. The van der Waals surface area contributed by atoms with Crippen LogP contribution in [-0.2, 0) is 29.4 Å². The van der Waals surface area contributed by atoms with Crippen molar-refractivity contribution in [2.75, 3.05) is 0 Å². The molecule has 0 spiro atoms. The zero-order valence-corrected chi connectivity index (χ0v) is 12.5. The topological polar surface area (TPSA) is 67.5 Å². The molecule has 0 bridgehead atoms. The number of aromatic carboxylic acids is 1. The fourth-order valence-corrected chi connectivity index (χ4v) is 3.79. The van der Waals surface area contributed by atoms with Crippen LogP contribution in [0.5, 0.6) is 0 Å². The highest BCUT2D eigenvalue weighted by Gasteiger charge is 2.17. The molecule has 1 N–H and O–H groups in total. The number of carboxylic acid groups (broad SMARTS) is 1. The van der Waals surface area contributed by atoms with Gasteiger partial charge in [0.15, 0.2) is 0 Å². The summed E-state index contributed by atoms with van der Waals surface area (Å²) in [6, 6.07) is 7.41. The Hall–Kier alpha value is -1.88. The highest BCUT2D eigenvalue weighted by molar-refractivity contribution is 7.84. The van der Waals surface area contributed by atoms with Crippen molar-refractivity contribution in [3.05, 3.63) is 52.5 Å². The quantitative estimate of drug-likeness (QED) is 0.942. The molecule has 21 heavy (non-hydrogen) atoms. The Bertz CT molecular complexity index is 730. The maximum Gasteiger partial charge on any atom is 0.339 e. The second kappa shape index (κ2) is 5.48. The van der Waals surface area contributed by atoms with E-state index in [9.17, 15) is 9.00 Å². The maximum absolute atomic E-state index is 12.4. The first-order valence-electron chi connectivity index (χ1n) is 6.87. The number of carboxylic acids is 1. The molecule has 1 heterocycles. The lowest BCUT2D eigenvalue weighted by atomic mass is 10.1. The summed E-state index contributed by atoms with van der Waals surface area (Å²) in [6.45, 7) is 1.60. The maximum atomic E-state index is 12.4. The summed E-state index contributed by atoms with van der Waals surface area (Å²) in [5, 5.41) is 9.00. The normalized spacial score (nSPS) is 14.9. The summed E-state index contributed by atoms with van der Waals surface area (Å²) in [5.41, 5.74) is 2.76. The average Bonchev–Trinajstić information content (AvgIpc) is 3.04. The van der Waals surface area contributed by atoms with Crippen LogP contribution >= 0.6 is 0 Å². The van der Waals surface area contributed by atoms with E-state index in [1.807, 2.05) is 18.2 Å². The molecule has 1 atom stereocenters. The van der Waals surface area contributed by atoms with Gasteiger partial charge in [-0.25, -0.2) is 4.79 Å². The van der Waals surface area contributed by atoms with E-state index in [1.165, 1.54) is 17.2 Å².